The van der Waals surface area contributed by atoms with Gasteiger partial charge in [-0.05, 0) is 30.3 Å². The van der Waals surface area contributed by atoms with Gasteiger partial charge in [-0.15, -0.1) is 0 Å². The molecule has 1 fully saturated rings. The molecule has 0 bridgehead atoms. The number of rotatable bonds is 5. The minimum Gasteiger partial charge on any atom is -0.467 e. The Morgan fingerprint density at radius 2 is 1.79 bits per heavy atom. The van der Waals surface area contributed by atoms with Crippen LogP contribution in [0.5, 0.6) is 0 Å². The zero-order valence-corrected chi connectivity index (χ0v) is 15.7. The number of amides is 2. The van der Waals surface area contributed by atoms with E-state index in [-0.39, 0.29) is 24.1 Å². The first-order chi connectivity index (χ1) is 14.2. The fourth-order valence-electron chi connectivity index (χ4n) is 3.11. The molecule has 3 aromatic heterocycles. The van der Waals surface area contributed by atoms with E-state index >= 15 is 0 Å². The molecule has 0 saturated carbocycles. The van der Waals surface area contributed by atoms with Crippen molar-refractivity contribution >= 4 is 17.8 Å². The second-order valence-corrected chi connectivity index (χ2v) is 6.52. The van der Waals surface area contributed by atoms with E-state index in [1.54, 1.807) is 47.8 Å². The zero-order valence-electron chi connectivity index (χ0n) is 15.7. The highest BCUT2D eigenvalue weighted by Crippen LogP contribution is 2.13. The minimum atomic E-state index is -0.359. The van der Waals surface area contributed by atoms with E-state index in [9.17, 15) is 9.59 Å². The molecule has 1 aliphatic rings. The van der Waals surface area contributed by atoms with E-state index in [2.05, 4.69) is 20.3 Å². The van der Waals surface area contributed by atoms with Gasteiger partial charge in [0.25, 0.3) is 11.8 Å². The number of nitrogens with zero attached hydrogens (tertiary/aromatic N) is 5. The molecule has 0 aliphatic carbocycles. The molecule has 4 rings (SSSR count). The van der Waals surface area contributed by atoms with E-state index in [0.717, 1.165) is 0 Å². The molecule has 9 nitrogen and oxygen atoms in total. The van der Waals surface area contributed by atoms with E-state index in [4.69, 9.17) is 4.42 Å². The van der Waals surface area contributed by atoms with E-state index in [1.807, 2.05) is 4.90 Å². The summed E-state index contributed by atoms with van der Waals surface area (Å²) < 4.78 is 5.19. The maximum atomic E-state index is 12.9. The van der Waals surface area contributed by atoms with Gasteiger partial charge in [0.1, 0.15) is 11.5 Å². The van der Waals surface area contributed by atoms with E-state index in [0.29, 0.717) is 43.5 Å². The molecule has 4 heterocycles. The Hall–Kier alpha value is -3.75. The van der Waals surface area contributed by atoms with Gasteiger partial charge in [0, 0.05) is 50.3 Å². The molecule has 9 heteroatoms. The molecule has 2 amide bonds. The van der Waals surface area contributed by atoms with Crippen molar-refractivity contribution < 1.29 is 14.0 Å². The van der Waals surface area contributed by atoms with Crippen molar-refractivity contribution in [1.82, 2.24) is 25.2 Å². The topological polar surface area (TPSA) is 104 Å². The molecule has 1 aliphatic heterocycles. The molecule has 1 saturated heterocycles. The first kappa shape index (κ1) is 18.6. The molecule has 29 heavy (non-hydrogen) atoms. The number of carbonyl (C=O) groups is 2. The van der Waals surface area contributed by atoms with Crippen LogP contribution in [0, 0.1) is 0 Å². The zero-order chi connectivity index (χ0) is 20.1. The Balaban J connectivity index is 1.36. The summed E-state index contributed by atoms with van der Waals surface area (Å²) >= 11 is 0. The van der Waals surface area contributed by atoms with Crippen molar-refractivity contribution in [3.8, 4) is 0 Å². The summed E-state index contributed by atoms with van der Waals surface area (Å²) in [5.74, 6) is 0.827. The third-order valence-electron chi connectivity index (χ3n) is 4.64. The summed E-state index contributed by atoms with van der Waals surface area (Å²) in [6, 6.07) is 8.44. The van der Waals surface area contributed by atoms with Crippen LogP contribution < -0.4 is 10.2 Å². The fraction of sp³-hybridized carbons (Fsp3) is 0.250. The van der Waals surface area contributed by atoms with Gasteiger partial charge in [-0.1, -0.05) is 0 Å². The number of anilines is 1. The van der Waals surface area contributed by atoms with Crippen molar-refractivity contribution in [2.75, 3.05) is 31.1 Å². The molecule has 0 spiro atoms. The summed E-state index contributed by atoms with van der Waals surface area (Å²) in [4.78, 5) is 41.6. The average Bonchev–Trinajstić information content (AvgIpc) is 3.31. The van der Waals surface area contributed by atoms with Crippen molar-refractivity contribution in [2.24, 2.45) is 0 Å². The van der Waals surface area contributed by atoms with Gasteiger partial charge in [-0.3, -0.25) is 14.6 Å². The first-order valence-electron chi connectivity index (χ1n) is 9.28. The highest BCUT2D eigenvalue weighted by molar-refractivity contribution is 5.98. The van der Waals surface area contributed by atoms with Gasteiger partial charge in [0.15, 0.2) is 0 Å². The summed E-state index contributed by atoms with van der Waals surface area (Å²) in [5, 5.41) is 2.73. The lowest BCUT2D eigenvalue weighted by Gasteiger charge is -2.34. The molecule has 0 radical (unpaired) electrons. The number of furan rings is 1. The van der Waals surface area contributed by atoms with Gasteiger partial charge in [-0.25, -0.2) is 9.97 Å². The monoisotopic (exact) mass is 392 g/mol. The molecule has 1 N–H and O–H groups in total. The van der Waals surface area contributed by atoms with Crippen molar-refractivity contribution in [3.05, 3.63) is 72.2 Å². The number of hydrogen-bond acceptors (Lipinski definition) is 7. The Bertz CT molecular complexity index is 969. The molecule has 0 atom stereocenters. The number of carbonyl (C=O) groups excluding carboxylic acids is 2. The van der Waals surface area contributed by atoms with Crippen molar-refractivity contribution in [3.63, 3.8) is 0 Å². The third-order valence-corrected chi connectivity index (χ3v) is 4.64. The Morgan fingerprint density at radius 3 is 2.52 bits per heavy atom. The normalized spacial score (nSPS) is 13.9. The van der Waals surface area contributed by atoms with Crippen LogP contribution in [0.2, 0.25) is 0 Å². The van der Waals surface area contributed by atoms with Gasteiger partial charge < -0.3 is 19.5 Å². The van der Waals surface area contributed by atoms with Crippen LogP contribution in [0.1, 0.15) is 26.6 Å². The number of pyridine rings is 1. The van der Waals surface area contributed by atoms with Crippen LogP contribution in [-0.4, -0.2) is 57.8 Å². The predicted octanol–water partition coefficient (Wildman–Crippen LogP) is 1.36. The van der Waals surface area contributed by atoms with Crippen LogP contribution in [-0.2, 0) is 6.54 Å². The maximum absolute atomic E-state index is 12.9. The number of aromatic nitrogens is 3. The van der Waals surface area contributed by atoms with Crippen LogP contribution in [0.4, 0.5) is 5.95 Å². The molecule has 0 unspecified atom stereocenters. The first-order valence-corrected chi connectivity index (χ1v) is 9.28. The third kappa shape index (κ3) is 4.40. The standard InChI is InChI=1S/C20H20N6O3/c27-18(24-14-16-3-1-12-29-16)17-13-15(4-7-21-17)19(28)25-8-10-26(11-9-25)20-22-5-2-6-23-20/h1-7,12-13H,8-11,14H2,(H,24,27). The lowest BCUT2D eigenvalue weighted by atomic mass is 10.1. The maximum Gasteiger partial charge on any atom is 0.270 e. The van der Waals surface area contributed by atoms with Crippen LogP contribution in [0.15, 0.2) is 59.6 Å². The summed E-state index contributed by atoms with van der Waals surface area (Å²) in [5.41, 5.74) is 0.631. The van der Waals surface area contributed by atoms with Gasteiger partial charge in [0.2, 0.25) is 5.95 Å². The predicted molar refractivity (Wildman–Crippen MR) is 104 cm³/mol. The van der Waals surface area contributed by atoms with Gasteiger partial charge >= 0.3 is 0 Å². The van der Waals surface area contributed by atoms with Crippen LogP contribution in [0.3, 0.4) is 0 Å². The highest BCUT2D eigenvalue weighted by Gasteiger charge is 2.24. The van der Waals surface area contributed by atoms with Gasteiger partial charge in [0.05, 0.1) is 12.8 Å². The van der Waals surface area contributed by atoms with Gasteiger partial charge in [-0.2, -0.15) is 0 Å². The summed E-state index contributed by atoms with van der Waals surface area (Å²) in [6.07, 6.45) is 6.43. The molecule has 0 aromatic carbocycles. The lowest BCUT2D eigenvalue weighted by Crippen LogP contribution is -2.49. The van der Waals surface area contributed by atoms with Crippen molar-refractivity contribution in [2.45, 2.75) is 6.54 Å². The summed E-state index contributed by atoms with van der Waals surface area (Å²) in [6.45, 7) is 2.67. The summed E-state index contributed by atoms with van der Waals surface area (Å²) in [7, 11) is 0. The van der Waals surface area contributed by atoms with E-state index < -0.39 is 0 Å². The minimum absolute atomic E-state index is 0.124. The average molecular weight is 392 g/mol. The molecule has 3 aromatic rings. The number of piperazine rings is 1. The second kappa shape index (κ2) is 8.51. The molecule has 148 valence electrons. The van der Waals surface area contributed by atoms with Crippen LogP contribution >= 0.6 is 0 Å². The molecular formula is C20H20N6O3. The molecular weight excluding hydrogens is 372 g/mol. The second-order valence-electron chi connectivity index (χ2n) is 6.52. The Kier molecular flexibility index (Phi) is 5.46. The number of hydrogen-bond donors (Lipinski definition) is 1. The number of nitrogens with one attached hydrogen (secondary N) is 1. The highest BCUT2D eigenvalue weighted by atomic mass is 16.3. The Morgan fingerprint density at radius 1 is 1.00 bits per heavy atom. The quantitative estimate of drug-likeness (QED) is 0.699. The largest absolute Gasteiger partial charge is 0.467 e. The smallest absolute Gasteiger partial charge is 0.270 e. The van der Waals surface area contributed by atoms with Crippen molar-refractivity contribution in [1.29, 1.82) is 0 Å². The SMILES string of the molecule is O=C(NCc1ccco1)c1cc(C(=O)N2CCN(c3ncccn3)CC2)ccn1. The fourth-order valence-corrected chi connectivity index (χ4v) is 3.11. The van der Waals surface area contributed by atoms with Crippen LogP contribution in [0.25, 0.3) is 0 Å². The Labute approximate surface area is 167 Å². The lowest BCUT2D eigenvalue weighted by molar-refractivity contribution is 0.0746. The van der Waals surface area contributed by atoms with E-state index in [1.165, 1.54) is 12.3 Å².